The number of hydrogen-bond acceptors (Lipinski definition) is 3. The van der Waals surface area contributed by atoms with Gasteiger partial charge in [-0.1, -0.05) is 18.5 Å². The van der Waals surface area contributed by atoms with Crippen LogP contribution in [0.15, 0.2) is 9.69 Å². The summed E-state index contributed by atoms with van der Waals surface area (Å²) in [6, 6.07) is 0. The molecule has 0 aliphatic rings. The van der Waals surface area contributed by atoms with E-state index in [9.17, 15) is 13.2 Å². The maximum Gasteiger partial charge on any atom is 0.270 e. The quantitative estimate of drug-likeness (QED) is 0.812. The van der Waals surface area contributed by atoms with Gasteiger partial charge in [-0.15, -0.1) is 0 Å². The van der Waals surface area contributed by atoms with Gasteiger partial charge in [-0.3, -0.25) is 4.79 Å². The third kappa shape index (κ3) is 1.89. The van der Waals surface area contributed by atoms with E-state index in [2.05, 4.69) is 0 Å². The highest BCUT2D eigenvalue weighted by atomic mass is 35.5. The number of rotatable bonds is 2. The zero-order chi connectivity index (χ0) is 12.7. The Bertz CT molecular complexity index is 587. The average molecular weight is 264 g/mol. The minimum Gasteiger partial charge on any atom is -0.315 e. The van der Waals surface area contributed by atoms with E-state index in [1.54, 1.807) is 13.8 Å². The van der Waals surface area contributed by atoms with Crippen LogP contribution in [-0.4, -0.2) is 18.7 Å². The Kier molecular flexibility index (Phi) is 3.50. The molecule has 6 heteroatoms. The molecule has 0 unspecified atom stereocenters. The highest BCUT2D eigenvalue weighted by molar-refractivity contribution is 7.91. The maximum absolute atomic E-state index is 11.9. The molecule has 0 aromatic carbocycles. The molecule has 4 nitrogen and oxygen atoms in total. The Balaban J connectivity index is 3.87. The molecule has 1 aromatic heterocycles. The van der Waals surface area contributed by atoms with Gasteiger partial charge in [0.25, 0.3) is 5.56 Å². The Morgan fingerprint density at radius 1 is 1.31 bits per heavy atom. The van der Waals surface area contributed by atoms with Crippen LogP contribution in [0, 0.1) is 13.8 Å². The second kappa shape index (κ2) is 4.22. The fourth-order valence-corrected chi connectivity index (χ4v) is 3.08. The lowest BCUT2D eigenvalue weighted by Gasteiger charge is -2.12. The number of sulfone groups is 1. The molecule has 0 spiro atoms. The van der Waals surface area contributed by atoms with Gasteiger partial charge in [0.15, 0.2) is 14.7 Å². The fourth-order valence-electron chi connectivity index (χ4n) is 1.39. The maximum atomic E-state index is 11.9. The third-order valence-electron chi connectivity index (χ3n) is 2.76. The van der Waals surface area contributed by atoms with Gasteiger partial charge in [-0.25, -0.2) is 8.42 Å². The minimum atomic E-state index is -3.59. The SMILES string of the molecule is CCS(=O)(=O)c1c(Cl)c(C)c(C)n(C)c1=O. The molecule has 0 saturated heterocycles. The standard InChI is InChI=1S/C10H14ClNO3S/c1-5-16(14,15)9-8(11)6(2)7(3)12(4)10(9)13/h5H2,1-4H3. The summed E-state index contributed by atoms with van der Waals surface area (Å²) >= 11 is 5.95. The first-order valence-electron chi connectivity index (χ1n) is 4.82. The van der Waals surface area contributed by atoms with Gasteiger partial charge in [0.05, 0.1) is 10.8 Å². The van der Waals surface area contributed by atoms with Crippen LogP contribution in [-0.2, 0) is 16.9 Å². The van der Waals surface area contributed by atoms with Gasteiger partial charge < -0.3 is 4.57 Å². The van der Waals surface area contributed by atoms with E-state index >= 15 is 0 Å². The van der Waals surface area contributed by atoms with Crippen molar-refractivity contribution in [2.45, 2.75) is 25.7 Å². The lowest BCUT2D eigenvalue weighted by atomic mass is 10.2. The first-order valence-corrected chi connectivity index (χ1v) is 6.85. The molecule has 0 aliphatic heterocycles. The molecule has 0 radical (unpaired) electrons. The zero-order valence-electron chi connectivity index (χ0n) is 9.67. The van der Waals surface area contributed by atoms with Crippen LogP contribution in [0.1, 0.15) is 18.2 Å². The van der Waals surface area contributed by atoms with Crippen molar-refractivity contribution in [3.63, 3.8) is 0 Å². The summed E-state index contributed by atoms with van der Waals surface area (Å²) < 4.78 is 24.8. The topological polar surface area (TPSA) is 56.1 Å². The van der Waals surface area contributed by atoms with E-state index in [1.165, 1.54) is 18.5 Å². The van der Waals surface area contributed by atoms with Crippen molar-refractivity contribution in [2.24, 2.45) is 7.05 Å². The van der Waals surface area contributed by atoms with Crippen molar-refractivity contribution in [1.82, 2.24) is 4.57 Å². The molecule has 0 N–H and O–H groups in total. The Morgan fingerprint density at radius 3 is 2.25 bits per heavy atom. The Morgan fingerprint density at radius 2 is 1.81 bits per heavy atom. The van der Waals surface area contributed by atoms with Crippen LogP contribution in [0.5, 0.6) is 0 Å². The second-order valence-electron chi connectivity index (χ2n) is 3.62. The zero-order valence-corrected chi connectivity index (χ0v) is 11.2. The summed E-state index contributed by atoms with van der Waals surface area (Å²) in [5.41, 5.74) is 0.732. The second-order valence-corrected chi connectivity index (χ2v) is 6.21. The monoisotopic (exact) mass is 263 g/mol. The van der Waals surface area contributed by atoms with Crippen LogP contribution in [0.2, 0.25) is 5.02 Å². The van der Waals surface area contributed by atoms with Gasteiger partial charge >= 0.3 is 0 Å². The Labute approximate surface area is 99.8 Å². The predicted molar refractivity (Wildman–Crippen MR) is 63.9 cm³/mol. The van der Waals surface area contributed by atoms with E-state index in [4.69, 9.17) is 11.6 Å². The summed E-state index contributed by atoms with van der Waals surface area (Å²) in [6.45, 7) is 4.91. The van der Waals surface area contributed by atoms with Gasteiger partial charge in [0.2, 0.25) is 0 Å². The number of nitrogens with zero attached hydrogens (tertiary/aromatic N) is 1. The molecule has 0 saturated carbocycles. The summed E-state index contributed by atoms with van der Waals surface area (Å²) in [7, 11) is -2.05. The molecule has 0 bridgehead atoms. The lowest BCUT2D eigenvalue weighted by Crippen LogP contribution is -2.27. The van der Waals surface area contributed by atoms with Crippen molar-refractivity contribution < 1.29 is 8.42 Å². The normalized spacial score (nSPS) is 11.8. The molecular formula is C10H14ClNO3S. The van der Waals surface area contributed by atoms with Crippen molar-refractivity contribution in [3.8, 4) is 0 Å². The van der Waals surface area contributed by atoms with Crippen LogP contribution in [0.4, 0.5) is 0 Å². The van der Waals surface area contributed by atoms with Crippen molar-refractivity contribution in [1.29, 1.82) is 0 Å². The molecule has 1 aromatic rings. The largest absolute Gasteiger partial charge is 0.315 e. The van der Waals surface area contributed by atoms with Crippen LogP contribution in [0.25, 0.3) is 0 Å². The first-order chi connectivity index (χ1) is 7.24. The molecule has 0 fully saturated rings. The van der Waals surface area contributed by atoms with Gasteiger partial charge in [0.1, 0.15) is 0 Å². The molecule has 1 heterocycles. The van der Waals surface area contributed by atoms with E-state index in [0.29, 0.717) is 11.3 Å². The summed E-state index contributed by atoms with van der Waals surface area (Å²) in [6.07, 6.45) is 0. The molecule has 16 heavy (non-hydrogen) atoms. The third-order valence-corrected chi connectivity index (χ3v) is 5.11. The van der Waals surface area contributed by atoms with E-state index in [0.717, 1.165) is 0 Å². The molecular weight excluding hydrogens is 250 g/mol. The van der Waals surface area contributed by atoms with Gasteiger partial charge in [0, 0.05) is 12.7 Å². The summed E-state index contributed by atoms with van der Waals surface area (Å²) in [5.74, 6) is -0.134. The van der Waals surface area contributed by atoms with E-state index in [1.807, 2.05) is 0 Å². The summed E-state index contributed by atoms with van der Waals surface area (Å²) in [4.78, 5) is 11.6. The Hall–Kier alpha value is -0.810. The predicted octanol–water partition coefficient (Wildman–Crippen LogP) is 1.45. The average Bonchev–Trinajstić information content (AvgIpc) is 2.23. The lowest BCUT2D eigenvalue weighted by molar-refractivity contribution is 0.593. The molecule has 0 atom stereocenters. The van der Waals surface area contributed by atoms with Gasteiger partial charge in [-0.2, -0.15) is 0 Å². The minimum absolute atomic E-state index is 0.0439. The van der Waals surface area contributed by atoms with Gasteiger partial charge in [-0.05, 0) is 19.4 Å². The highest BCUT2D eigenvalue weighted by Gasteiger charge is 2.24. The fraction of sp³-hybridized carbons (Fsp3) is 0.500. The van der Waals surface area contributed by atoms with Crippen molar-refractivity contribution >= 4 is 21.4 Å². The van der Waals surface area contributed by atoms with Crippen molar-refractivity contribution in [2.75, 3.05) is 5.75 Å². The van der Waals surface area contributed by atoms with E-state index < -0.39 is 15.4 Å². The smallest absolute Gasteiger partial charge is 0.270 e. The van der Waals surface area contributed by atoms with Crippen LogP contribution >= 0.6 is 11.6 Å². The number of aromatic nitrogens is 1. The molecule has 0 amide bonds. The number of halogens is 1. The van der Waals surface area contributed by atoms with Crippen LogP contribution in [0.3, 0.4) is 0 Å². The summed E-state index contributed by atoms with van der Waals surface area (Å²) in [5, 5.41) is 0.0439. The number of hydrogen-bond donors (Lipinski definition) is 0. The van der Waals surface area contributed by atoms with E-state index in [-0.39, 0.29) is 15.7 Å². The van der Waals surface area contributed by atoms with Crippen LogP contribution < -0.4 is 5.56 Å². The molecule has 90 valence electrons. The highest BCUT2D eigenvalue weighted by Crippen LogP contribution is 2.24. The number of pyridine rings is 1. The first kappa shape index (κ1) is 13.3. The van der Waals surface area contributed by atoms with Crippen molar-refractivity contribution in [3.05, 3.63) is 26.6 Å². The molecule has 0 aliphatic carbocycles. The molecule has 1 rings (SSSR count).